The molecule has 76 valence electrons. The van der Waals surface area contributed by atoms with Gasteiger partial charge in [0.2, 0.25) is 5.91 Å². The fraction of sp³-hybridized carbons (Fsp3) is 0.875. The quantitative estimate of drug-likeness (QED) is 0.265. The van der Waals surface area contributed by atoms with Crippen molar-refractivity contribution >= 4 is 5.91 Å². The summed E-state index contributed by atoms with van der Waals surface area (Å²) in [4.78, 5) is 10.7. The highest BCUT2D eigenvalue weighted by Gasteiger charge is 2.15. The first-order chi connectivity index (χ1) is 6.33. The molecule has 0 aliphatic carbocycles. The molecule has 3 N–H and O–H groups in total. The molecule has 1 aliphatic heterocycles. The van der Waals surface area contributed by atoms with Crippen molar-refractivity contribution in [3.8, 4) is 0 Å². The molecule has 1 saturated heterocycles. The number of hydrogen-bond acceptors (Lipinski definition) is 4. The smallest absolute Gasteiger partial charge is 0.233 e. The van der Waals surface area contributed by atoms with E-state index in [2.05, 4.69) is 5.43 Å². The van der Waals surface area contributed by atoms with Gasteiger partial charge in [-0.1, -0.05) is 0 Å². The van der Waals surface area contributed by atoms with Crippen LogP contribution in [0.25, 0.3) is 0 Å². The Morgan fingerprint density at radius 2 is 2.54 bits per heavy atom. The summed E-state index contributed by atoms with van der Waals surface area (Å²) in [5, 5.41) is 0. The monoisotopic (exact) mass is 188 g/mol. The summed E-state index contributed by atoms with van der Waals surface area (Å²) in [5.74, 6) is 4.77. The number of nitrogens with one attached hydrogen (secondary N) is 1. The predicted octanol–water partition coefficient (Wildman–Crippen LogP) is -0.438. The zero-order valence-electron chi connectivity index (χ0n) is 7.62. The first kappa shape index (κ1) is 10.4. The maximum absolute atomic E-state index is 10.7. The van der Waals surface area contributed by atoms with Gasteiger partial charge in [-0.3, -0.25) is 10.2 Å². The van der Waals surface area contributed by atoms with Gasteiger partial charge in [-0.15, -0.1) is 0 Å². The maximum Gasteiger partial charge on any atom is 0.233 e. The molecule has 1 heterocycles. The number of carbonyl (C=O) groups is 1. The molecule has 0 bridgehead atoms. The average molecular weight is 188 g/mol. The van der Waals surface area contributed by atoms with E-state index in [1.807, 2.05) is 0 Å². The van der Waals surface area contributed by atoms with Gasteiger partial charge < -0.3 is 9.47 Å². The van der Waals surface area contributed by atoms with Crippen LogP contribution in [0.5, 0.6) is 0 Å². The molecule has 0 spiro atoms. The van der Waals surface area contributed by atoms with Crippen LogP contribution < -0.4 is 11.3 Å². The Kier molecular flexibility index (Phi) is 4.74. The minimum absolute atomic E-state index is 0.147. The lowest BCUT2D eigenvalue weighted by Crippen LogP contribution is -2.30. The van der Waals surface area contributed by atoms with Crippen molar-refractivity contribution in [1.29, 1.82) is 0 Å². The lowest BCUT2D eigenvalue weighted by molar-refractivity contribution is -0.121. The Balaban J connectivity index is 1.91. The molecule has 0 aromatic heterocycles. The second kappa shape index (κ2) is 5.90. The van der Waals surface area contributed by atoms with Gasteiger partial charge in [-0.25, -0.2) is 5.84 Å². The van der Waals surface area contributed by atoms with E-state index in [0.29, 0.717) is 26.1 Å². The molecule has 0 saturated carbocycles. The highest BCUT2D eigenvalue weighted by molar-refractivity contribution is 5.75. The van der Waals surface area contributed by atoms with Crippen LogP contribution in [0.2, 0.25) is 0 Å². The van der Waals surface area contributed by atoms with Crippen molar-refractivity contribution in [1.82, 2.24) is 5.43 Å². The molecule has 1 unspecified atom stereocenters. The fourth-order valence-corrected chi connectivity index (χ4v) is 1.20. The number of amides is 1. The molecular weight excluding hydrogens is 172 g/mol. The van der Waals surface area contributed by atoms with E-state index < -0.39 is 0 Å². The van der Waals surface area contributed by atoms with E-state index in [-0.39, 0.29) is 12.0 Å². The molecule has 0 aromatic rings. The van der Waals surface area contributed by atoms with Gasteiger partial charge in [0.15, 0.2) is 0 Å². The number of nitrogens with two attached hydrogens (primary N) is 1. The SMILES string of the molecule is NNC(=O)CCCOC1CCOC1. The summed E-state index contributed by atoms with van der Waals surface area (Å²) in [6, 6.07) is 0. The number of hydrazine groups is 1. The van der Waals surface area contributed by atoms with Crippen molar-refractivity contribution in [3.63, 3.8) is 0 Å². The third kappa shape index (κ3) is 4.21. The van der Waals surface area contributed by atoms with Crippen LogP contribution in [0.15, 0.2) is 0 Å². The first-order valence-corrected chi connectivity index (χ1v) is 4.51. The third-order valence-electron chi connectivity index (χ3n) is 1.95. The fourth-order valence-electron chi connectivity index (χ4n) is 1.20. The van der Waals surface area contributed by atoms with E-state index >= 15 is 0 Å². The Hall–Kier alpha value is -0.650. The number of rotatable bonds is 5. The van der Waals surface area contributed by atoms with Gasteiger partial charge in [0.25, 0.3) is 0 Å². The summed E-state index contributed by atoms with van der Waals surface area (Å²) >= 11 is 0. The van der Waals surface area contributed by atoms with Crippen LogP contribution in [-0.2, 0) is 14.3 Å². The summed E-state index contributed by atoms with van der Waals surface area (Å²) in [7, 11) is 0. The van der Waals surface area contributed by atoms with Gasteiger partial charge in [-0.05, 0) is 12.8 Å². The van der Waals surface area contributed by atoms with E-state index in [4.69, 9.17) is 15.3 Å². The zero-order valence-corrected chi connectivity index (χ0v) is 7.62. The third-order valence-corrected chi connectivity index (χ3v) is 1.95. The molecule has 0 radical (unpaired) electrons. The Bertz CT molecular complexity index is 157. The van der Waals surface area contributed by atoms with Crippen LogP contribution in [0.3, 0.4) is 0 Å². The number of ether oxygens (including phenoxy) is 2. The topological polar surface area (TPSA) is 73.6 Å². The Morgan fingerprint density at radius 3 is 3.15 bits per heavy atom. The number of hydrogen-bond donors (Lipinski definition) is 2. The van der Waals surface area contributed by atoms with Crippen molar-refractivity contribution in [2.24, 2.45) is 5.84 Å². The highest BCUT2D eigenvalue weighted by Crippen LogP contribution is 2.08. The Morgan fingerprint density at radius 1 is 1.69 bits per heavy atom. The van der Waals surface area contributed by atoms with E-state index in [0.717, 1.165) is 13.0 Å². The minimum atomic E-state index is -0.147. The first-order valence-electron chi connectivity index (χ1n) is 4.51. The molecule has 1 atom stereocenters. The van der Waals surface area contributed by atoms with Crippen LogP contribution >= 0.6 is 0 Å². The van der Waals surface area contributed by atoms with Gasteiger partial charge >= 0.3 is 0 Å². The molecule has 1 rings (SSSR count). The van der Waals surface area contributed by atoms with Crippen LogP contribution in [0, 0.1) is 0 Å². The van der Waals surface area contributed by atoms with Crippen molar-refractivity contribution in [2.45, 2.75) is 25.4 Å². The van der Waals surface area contributed by atoms with Crippen molar-refractivity contribution in [2.75, 3.05) is 19.8 Å². The molecule has 13 heavy (non-hydrogen) atoms. The van der Waals surface area contributed by atoms with Crippen LogP contribution in [-0.4, -0.2) is 31.8 Å². The van der Waals surface area contributed by atoms with Gasteiger partial charge in [0.1, 0.15) is 0 Å². The molecule has 5 heteroatoms. The van der Waals surface area contributed by atoms with Crippen LogP contribution in [0.1, 0.15) is 19.3 Å². The summed E-state index contributed by atoms with van der Waals surface area (Å²) in [6.07, 6.45) is 2.31. The lowest BCUT2D eigenvalue weighted by Gasteiger charge is -2.08. The number of carbonyl (C=O) groups excluding carboxylic acids is 1. The largest absolute Gasteiger partial charge is 0.379 e. The van der Waals surface area contributed by atoms with E-state index in [9.17, 15) is 4.79 Å². The average Bonchev–Trinajstić information content (AvgIpc) is 2.64. The standard InChI is InChI=1S/C8H16N2O3/c9-10-8(11)2-1-4-13-7-3-5-12-6-7/h7H,1-6,9H2,(H,10,11). The summed E-state index contributed by atoms with van der Waals surface area (Å²) in [6.45, 7) is 2.07. The van der Waals surface area contributed by atoms with E-state index in [1.165, 1.54) is 0 Å². The molecule has 1 aliphatic rings. The molecule has 1 fully saturated rings. The van der Waals surface area contributed by atoms with E-state index in [1.54, 1.807) is 0 Å². The van der Waals surface area contributed by atoms with Crippen molar-refractivity contribution < 1.29 is 14.3 Å². The second-order valence-corrected chi connectivity index (χ2v) is 3.03. The minimum Gasteiger partial charge on any atom is -0.379 e. The van der Waals surface area contributed by atoms with Gasteiger partial charge in [-0.2, -0.15) is 0 Å². The molecular formula is C8H16N2O3. The van der Waals surface area contributed by atoms with Crippen molar-refractivity contribution in [3.05, 3.63) is 0 Å². The lowest BCUT2D eigenvalue weighted by atomic mass is 10.3. The second-order valence-electron chi connectivity index (χ2n) is 3.03. The molecule has 0 aromatic carbocycles. The molecule has 1 amide bonds. The zero-order chi connectivity index (χ0) is 9.52. The van der Waals surface area contributed by atoms with Gasteiger partial charge in [0.05, 0.1) is 12.7 Å². The normalized spacial score (nSPS) is 21.8. The predicted molar refractivity (Wildman–Crippen MR) is 46.7 cm³/mol. The molecule has 5 nitrogen and oxygen atoms in total. The summed E-state index contributed by atoms with van der Waals surface area (Å²) < 4.78 is 10.6. The summed E-state index contributed by atoms with van der Waals surface area (Å²) in [5.41, 5.74) is 2.07. The maximum atomic E-state index is 10.7. The Labute approximate surface area is 77.5 Å². The highest BCUT2D eigenvalue weighted by atomic mass is 16.5. The van der Waals surface area contributed by atoms with Gasteiger partial charge in [0, 0.05) is 19.6 Å². The van der Waals surface area contributed by atoms with Crippen LogP contribution in [0.4, 0.5) is 0 Å².